The molecule has 4 rings (SSSR count). The van der Waals surface area contributed by atoms with Gasteiger partial charge in [-0.05, 0) is 46.0 Å². The highest BCUT2D eigenvalue weighted by molar-refractivity contribution is 6.09. The number of hydrogen-bond donors (Lipinski definition) is 0. The maximum absolute atomic E-state index is 13.0. The second-order valence-corrected chi connectivity index (χ2v) is 6.52. The second-order valence-electron chi connectivity index (χ2n) is 6.52. The predicted octanol–water partition coefficient (Wildman–Crippen LogP) is 6.32. The molecular weight excluding hydrogens is 316 g/mol. The van der Waals surface area contributed by atoms with Crippen molar-refractivity contribution in [2.75, 3.05) is 0 Å². The van der Waals surface area contributed by atoms with Crippen LogP contribution >= 0.6 is 0 Å². The Morgan fingerprint density at radius 1 is 0.654 bits per heavy atom. The van der Waals surface area contributed by atoms with Crippen LogP contribution in [0.3, 0.4) is 0 Å². The van der Waals surface area contributed by atoms with Gasteiger partial charge in [0.2, 0.25) is 0 Å². The van der Waals surface area contributed by atoms with E-state index in [0.29, 0.717) is 6.42 Å². The van der Waals surface area contributed by atoms with E-state index < -0.39 is 0 Å². The number of benzene rings is 4. The average Bonchev–Trinajstić information content (AvgIpc) is 2.72. The minimum absolute atomic E-state index is 0.197. The van der Waals surface area contributed by atoms with Crippen LogP contribution in [0, 0.1) is 0 Å². The zero-order chi connectivity index (χ0) is 17.8. The number of fused-ring (bicyclic) bond motifs is 1. The molecule has 0 unspecified atom stereocenters. The van der Waals surface area contributed by atoms with E-state index in [1.807, 2.05) is 60.7 Å². The van der Waals surface area contributed by atoms with Crippen molar-refractivity contribution in [3.05, 3.63) is 108 Å². The van der Waals surface area contributed by atoms with Gasteiger partial charge in [-0.3, -0.25) is 4.79 Å². The van der Waals surface area contributed by atoms with Crippen LogP contribution in [0.5, 0.6) is 0 Å². The predicted molar refractivity (Wildman–Crippen MR) is 108 cm³/mol. The first kappa shape index (κ1) is 16.3. The maximum atomic E-state index is 13.0. The van der Waals surface area contributed by atoms with E-state index in [0.717, 1.165) is 33.9 Å². The Bertz CT molecular complexity index is 1030. The van der Waals surface area contributed by atoms with E-state index in [2.05, 4.69) is 36.4 Å². The number of hydrogen-bond acceptors (Lipinski definition) is 1. The zero-order valence-corrected chi connectivity index (χ0v) is 14.6. The molecule has 0 heterocycles. The van der Waals surface area contributed by atoms with Gasteiger partial charge in [-0.15, -0.1) is 0 Å². The second kappa shape index (κ2) is 7.37. The van der Waals surface area contributed by atoms with Crippen molar-refractivity contribution in [3.8, 4) is 11.1 Å². The summed E-state index contributed by atoms with van der Waals surface area (Å²) in [5.74, 6) is 0.197. The first-order valence-electron chi connectivity index (χ1n) is 8.96. The van der Waals surface area contributed by atoms with Crippen molar-refractivity contribution < 1.29 is 4.79 Å². The summed E-state index contributed by atoms with van der Waals surface area (Å²) in [7, 11) is 0. The number of aryl methyl sites for hydroxylation is 1. The monoisotopic (exact) mass is 336 g/mol. The molecule has 0 atom stereocenters. The summed E-state index contributed by atoms with van der Waals surface area (Å²) in [5.41, 5.74) is 4.24. The molecule has 26 heavy (non-hydrogen) atoms. The Kier molecular flexibility index (Phi) is 4.61. The van der Waals surface area contributed by atoms with Gasteiger partial charge in [0, 0.05) is 12.0 Å². The molecular formula is C25H20O. The molecule has 0 N–H and O–H groups in total. The van der Waals surface area contributed by atoms with Gasteiger partial charge in [0.05, 0.1) is 0 Å². The third-order valence-electron chi connectivity index (χ3n) is 4.75. The van der Waals surface area contributed by atoms with E-state index in [1.165, 1.54) is 5.56 Å². The van der Waals surface area contributed by atoms with E-state index in [1.54, 1.807) is 0 Å². The largest absolute Gasteiger partial charge is 0.294 e. The molecule has 0 aliphatic carbocycles. The standard InChI is InChI=1S/C25H20O/c26-25(16-15-19-9-3-1-4-10-19)24-18-22(20-11-5-2-6-12-20)17-21-13-7-8-14-23(21)24/h1-14,17-18H,15-16H2. The van der Waals surface area contributed by atoms with Crippen LogP contribution in [-0.4, -0.2) is 5.78 Å². The van der Waals surface area contributed by atoms with Gasteiger partial charge in [0.25, 0.3) is 0 Å². The van der Waals surface area contributed by atoms with Gasteiger partial charge in [-0.2, -0.15) is 0 Å². The highest BCUT2D eigenvalue weighted by Crippen LogP contribution is 2.28. The van der Waals surface area contributed by atoms with Gasteiger partial charge in [0.15, 0.2) is 5.78 Å². The summed E-state index contributed by atoms with van der Waals surface area (Å²) >= 11 is 0. The molecule has 0 radical (unpaired) electrons. The highest BCUT2D eigenvalue weighted by atomic mass is 16.1. The van der Waals surface area contributed by atoms with E-state index in [4.69, 9.17) is 0 Å². The van der Waals surface area contributed by atoms with Crippen molar-refractivity contribution >= 4 is 16.6 Å². The Morgan fingerprint density at radius 2 is 1.31 bits per heavy atom. The molecule has 0 amide bonds. The molecule has 4 aromatic carbocycles. The number of Topliss-reactive ketones (excluding diaryl/α,β-unsaturated/α-hetero) is 1. The lowest BCUT2D eigenvalue weighted by Crippen LogP contribution is -2.03. The van der Waals surface area contributed by atoms with Crippen LogP contribution in [0.25, 0.3) is 21.9 Å². The molecule has 0 aromatic heterocycles. The molecule has 1 nitrogen and oxygen atoms in total. The topological polar surface area (TPSA) is 17.1 Å². The fraction of sp³-hybridized carbons (Fsp3) is 0.0800. The molecule has 0 bridgehead atoms. The lowest BCUT2D eigenvalue weighted by atomic mass is 9.93. The van der Waals surface area contributed by atoms with Crippen molar-refractivity contribution in [1.29, 1.82) is 0 Å². The van der Waals surface area contributed by atoms with E-state index in [9.17, 15) is 4.79 Å². The lowest BCUT2D eigenvalue weighted by molar-refractivity contribution is 0.0984. The summed E-state index contributed by atoms with van der Waals surface area (Å²) in [5, 5.41) is 2.14. The summed E-state index contributed by atoms with van der Waals surface area (Å²) in [4.78, 5) is 13.0. The van der Waals surface area contributed by atoms with Crippen molar-refractivity contribution in [1.82, 2.24) is 0 Å². The van der Waals surface area contributed by atoms with Crippen LogP contribution < -0.4 is 0 Å². The summed E-state index contributed by atoms with van der Waals surface area (Å²) in [6.07, 6.45) is 1.29. The SMILES string of the molecule is O=C(CCc1ccccc1)c1cc(-c2ccccc2)cc2ccccc12. The normalized spacial score (nSPS) is 10.8. The number of carbonyl (C=O) groups excluding carboxylic acids is 1. The van der Waals surface area contributed by atoms with Crippen molar-refractivity contribution in [2.45, 2.75) is 12.8 Å². The van der Waals surface area contributed by atoms with Gasteiger partial charge >= 0.3 is 0 Å². The molecule has 1 heteroatoms. The number of carbonyl (C=O) groups is 1. The molecule has 0 aliphatic heterocycles. The van der Waals surface area contributed by atoms with E-state index in [-0.39, 0.29) is 5.78 Å². The molecule has 126 valence electrons. The Balaban J connectivity index is 1.72. The molecule has 0 aliphatic rings. The molecule has 0 fully saturated rings. The molecule has 4 aromatic rings. The van der Waals surface area contributed by atoms with Crippen LogP contribution in [0.2, 0.25) is 0 Å². The van der Waals surface area contributed by atoms with Crippen LogP contribution in [-0.2, 0) is 6.42 Å². The van der Waals surface area contributed by atoms with Crippen LogP contribution in [0.4, 0.5) is 0 Å². The lowest BCUT2D eigenvalue weighted by Gasteiger charge is -2.10. The maximum Gasteiger partial charge on any atom is 0.163 e. The Hall–Kier alpha value is -3.19. The Morgan fingerprint density at radius 3 is 2.08 bits per heavy atom. The average molecular weight is 336 g/mol. The molecule has 0 saturated carbocycles. The first-order chi connectivity index (χ1) is 12.8. The number of rotatable bonds is 5. The van der Waals surface area contributed by atoms with Crippen molar-refractivity contribution in [2.24, 2.45) is 0 Å². The minimum Gasteiger partial charge on any atom is -0.294 e. The fourth-order valence-electron chi connectivity index (χ4n) is 3.38. The van der Waals surface area contributed by atoms with Crippen LogP contribution in [0.1, 0.15) is 22.3 Å². The van der Waals surface area contributed by atoms with Gasteiger partial charge in [-0.25, -0.2) is 0 Å². The smallest absolute Gasteiger partial charge is 0.163 e. The third kappa shape index (κ3) is 3.43. The van der Waals surface area contributed by atoms with Crippen molar-refractivity contribution in [3.63, 3.8) is 0 Å². The summed E-state index contributed by atoms with van der Waals surface area (Å²) in [6.45, 7) is 0. The van der Waals surface area contributed by atoms with Gasteiger partial charge in [-0.1, -0.05) is 84.9 Å². The van der Waals surface area contributed by atoms with E-state index >= 15 is 0 Å². The first-order valence-corrected chi connectivity index (χ1v) is 8.96. The zero-order valence-electron chi connectivity index (χ0n) is 14.6. The summed E-state index contributed by atoms with van der Waals surface area (Å²) < 4.78 is 0. The summed E-state index contributed by atoms with van der Waals surface area (Å²) in [6, 6.07) is 32.8. The van der Waals surface area contributed by atoms with Crippen LogP contribution in [0.15, 0.2) is 97.1 Å². The highest BCUT2D eigenvalue weighted by Gasteiger charge is 2.13. The van der Waals surface area contributed by atoms with Gasteiger partial charge < -0.3 is 0 Å². The fourth-order valence-corrected chi connectivity index (χ4v) is 3.38. The third-order valence-corrected chi connectivity index (χ3v) is 4.75. The molecule has 0 spiro atoms. The van der Waals surface area contributed by atoms with Gasteiger partial charge in [0.1, 0.15) is 0 Å². The minimum atomic E-state index is 0.197. The molecule has 0 saturated heterocycles. The Labute approximate surface area is 153 Å². The quantitative estimate of drug-likeness (QED) is 0.390. The number of ketones is 1.